The van der Waals surface area contributed by atoms with Crippen molar-refractivity contribution in [3.05, 3.63) is 30.1 Å². The van der Waals surface area contributed by atoms with E-state index < -0.39 is 9.84 Å². The van der Waals surface area contributed by atoms with Crippen molar-refractivity contribution in [1.82, 2.24) is 10.6 Å². The van der Waals surface area contributed by atoms with Crippen LogP contribution in [0.3, 0.4) is 0 Å². The molecular weight excluding hydrogens is 333 g/mol. The number of ether oxygens (including phenoxy) is 1. The molecule has 24 heavy (non-hydrogen) atoms. The lowest BCUT2D eigenvalue weighted by Crippen LogP contribution is -2.44. The second-order valence-corrected chi connectivity index (χ2v) is 8.08. The minimum absolute atomic E-state index is 0.110. The topological polar surface area (TPSA) is 79.8 Å². The van der Waals surface area contributed by atoms with E-state index in [1.807, 2.05) is 13.8 Å². The van der Waals surface area contributed by atoms with E-state index >= 15 is 0 Å². The van der Waals surface area contributed by atoms with E-state index in [-0.39, 0.29) is 29.5 Å². The van der Waals surface area contributed by atoms with E-state index in [0.717, 1.165) is 0 Å². The first-order valence-corrected chi connectivity index (χ1v) is 9.87. The molecule has 1 aromatic rings. The normalized spacial score (nSPS) is 21.3. The summed E-state index contributed by atoms with van der Waals surface area (Å²) in [4.78, 5) is 4.44. The van der Waals surface area contributed by atoms with Crippen LogP contribution >= 0.6 is 0 Å². The molecule has 0 aliphatic carbocycles. The second-order valence-electron chi connectivity index (χ2n) is 5.85. The van der Waals surface area contributed by atoms with Gasteiger partial charge < -0.3 is 15.4 Å². The van der Waals surface area contributed by atoms with Crippen molar-refractivity contribution in [1.29, 1.82) is 0 Å². The second kappa shape index (κ2) is 8.32. The number of aliphatic imine (C=N–C) groups is 1. The summed E-state index contributed by atoms with van der Waals surface area (Å²) in [5, 5.41) is 6.26. The molecule has 1 aromatic carbocycles. The van der Waals surface area contributed by atoms with Gasteiger partial charge in [-0.15, -0.1) is 0 Å². The van der Waals surface area contributed by atoms with Gasteiger partial charge in [0.2, 0.25) is 0 Å². The maximum atomic E-state index is 12.9. The van der Waals surface area contributed by atoms with Gasteiger partial charge in [-0.05, 0) is 44.5 Å². The Kier molecular flexibility index (Phi) is 6.42. The molecule has 8 heteroatoms. The fourth-order valence-electron chi connectivity index (χ4n) is 2.42. The maximum absolute atomic E-state index is 12.9. The van der Waals surface area contributed by atoms with Crippen molar-refractivity contribution < 1.29 is 17.5 Å². The van der Waals surface area contributed by atoms with Gasteiger partial charge in [0, 0.05) is 12.6 Å². The Hall–Kier alpha value is -1.83. The molecule has 0 spiro atoms. The largest absolute Gasteiger partial charge is 0.489 e. The number of guanidine groups is 1. The zero-order valence-electron chi connectivity index (χ0n) is 14.0. The minimum Gasteiger partial charge on any atom is -0.489 e. The lowest BCUT2D eigenvalue weighted by Gasteiger charge is -2.17. The third kappa shape index (κ3) is 5.99. The van der Waals surface area contributed by atoms with Crippen LogP contribution in [0.1, 0.15) is 20.3 Å². The zero-order valence-corrected chi connectivity index (χ0v) is 14.8. The molecule has 0 saturated carbocycles. The summed E-state index contributed by atoms with van der Waals surface area (Å²) in [6, 6.07) is 5.72. The third-order valence-electron chi connectivity index (χ3n) is 3.57. The molecule has 0 radical (unpaired) electrons. The number of nitrogens with zero attached hydrogens (tertiary/aromatic N) is 1. The molecule has 1 aliphatic rings. The molecule has 1 fully saturated rings. The predicted octanol–water partition coefficient (Wildman–Crippen LogP) is 1.34. The smallest absolute Gasteiger partial charge is 0.191 e. The summed E-state index contributed by atoms with van der Waals surface area (Å²) in [5.74, 6) is 1.21. The highest BCUT2D eigenvalue weighted by molar-refractivity contribution is 7.91. The van der Waals surface area contributed by atoms with Crippen molar-refractivity contribution in [2.45, 2.75) is 32.4 Å². The number of benzene rings is 1. The van der Waals surface area contributed by atoms with Crippen LogP contribution in [0, 0.1) is 5.82 Å². The third-order valence-corrected chi connectivity index (χ3v) is 5.34. The number of hydrogen-bond acceptors (Lipinski definition) is 4. The molecule has 2 rings (SSSR count). The van der Waals surface area contributed by atoms with Crippen molar-refractivity contribution >= 4 is 15.8 Å². The average molecular weight is 357 g/mol. The molecule has 2 N–H and O–H groups in total. The molecule has 0 aromatic heterocycles. The van der Waals surface area contributed by atoms with E-state index in [9.17, 15) is 12.8 Å². The van der Waals surface area contributed by atoms with Crippen LogP contribution in [0.2, 0.25) is 0 Å². The van der Waals surface area contributed by atoms with E-state index in [4.69, 9.17) is 4.74 Å². The number of nitrogens with one attached hydrogen (secondary N) is 2. The predicted molar refractivity (Wildman–Crippen MR) is 92.7 cm³/mol. The van der Waals surface area contributed by atoms with Crippen LogP contribution in [0.15, 0.2) is 29.3 Å². The van der Waals surface area contributed by atoms with Gasteiger partial charge >= 0.3 is 0 Å². The number of rotatable bonds is 6. The highest BCUT2D eigenvalue weighted by Gasteiger charge is 2.28. The Morgan fingerprint density at radius 1 is 1.42 bits per heavy atom. The quantitative estimate of drug-likeness (QED) is 0.593. The highest BCUT2D eigenvalue weighted by Crippen LogP contribution is 2.13. The van der Waals surface area contributed by atoms with Gasteiger partial charge in [0.15, 0.2) is 15.8 Å². The number of hydrogen-bond donors (Lipinski definition) is 2. The van der Waals surface area contributed by atoms with Gasteiger partial charge in [0.05, 0.1) is 18.1 Å². The zero-order chi connectivity index (χ0) is 17.6. The Morgan fingerprint density at radius 3 is 2.71 bits per heavy atom. The Balaban J connectivity index is 1.88. The molecule has 1 heterocycles. The summed E-state index contributed by atoms with van der Waals surface area (Å²) in [6.45, 7) is 4.89. The van der Waals surface area contributed by atoms with E-state index in [1.165, 1.54) is 12.1 Å². The van der Waals surface area contributed by atoms with E-state index in [0.29, 0.717) is 31.2 Å². The lowest BCUT2D eigenvalue weighted by atomic mass is 10.3. The lowest BCUT2D eigenvalue weighted by molar-refractivity contribution is 0.230. The van der Waals surface area contributed by atoms with Crippen molar-refractivity contribution in [3.8, 4) is 5.75 Å². The van der Waals surface area contributed by atoms with Crippen LogP contribution < -0.4 is 15.4 Å². The summed E-state index contributed by atoms with van der Waals surface area (Å²) in [7, 11) is -2.93. The SMILES string of the molecule is CCNC(=NCC(C)Oc1ccc(F)cc1)NC1CCS(=O)(=O)C1. The van der Waals surface area contributed by atoms with Gasteiger partial charge in [-0.2, -0.15) is 0 Å². The molecule has 0 bridgehead atoms. The van der Waals surface area contributed by atoms with Gasteiger partial charge in [-0.3, -0.25) is 0 Å². The maximum Gasteiger partial charge on any atom is 0.191 e. The van der Waals surface area contributed by atoms with Crippen LogP contribution in [0.25, 0.3) is 0 Å². The van der Waals surface area contributed by atoms with Gasteiger partial charge in [0.1, 0.15) is 17.7 Å². The minimum atomic E-state index is -2.93. The van der Waals surface area contributed by atoms with Crippen molar-refractivity contribution in [3.63, 3.8) is 0 Å². The standard InChI is InChI=1S/C16H24FN3O3S/c1-3-18-16(20-14-8-9-24(21,22)11-14)19-10-12(2)23-15-6-4-13(17)5-7-15/h4-7,12,14H,3,8-11H2,1-2H3,(H2,18,19,20). The average Bonchev–Trinajstić information content (AvgIpc) is 2.86. The molecule has 6 nitrogen and oxygen atoms in total. The van der Waals surface area contributed by atoms with Gasteiger partial charge in [-0.1, -0.05) is 0 Å². The van der Waals surface area contributed by atoms with Crippen LogP contribution in [-0.4, -0.2) is 51.1 Å². The molecule has 134 valence electrons. The molecule has 1 saturated heterocycles. The summed E-state index contributed by atoms with van der Waals surface area (Å²) in [6.07, 6.45) is 0.396. The fraction of sp³-hybridized carbons (Fsp3) is 0.562. The monoisotopic (exact) mass is 357 g/mol. The number of sulfone groups is 1. The summed E-state index contributed by atoms with van der Waals surface area (Å²) in [5.41, 5.74) is 0. The van der Waals surface area contributed by atoms with Gasteiger partial charge in [-0.25, -0.2) is 17.8 Å². The number of halogens is 1. The summed E-state index contributed by atoms with van der Waals surface area (Å²) >= 11 is 0. The Morgan fingerprint density at radius 2 is 2.12 bits per heavy atom. The molecule has 0 amide bonds. The Labute approximate surface area is 142 Å². The highest BCUT2D eigenvalue weighted by atomic mass is 32.2. The molecule has 2 atom stereocenters. The van der Waals surface area contributed by atoms with Crippen LogP contribution in [-0.2, 0) is 9.84 Å². The van der Waals surface area contributed by atoms with E-state index in [1.54, 1.807) is 12.1 Å². The molecule has 1 aliphatic heterocycles. The fourth-order valence-corrected chi connectivity index (χ4v) is 4.10. The van der Waals surface area contributed by atoms with Crippen molar-refractivity contribution in [2.75, 3.05) is 24.6 Å². The van der Waals surface area contributed by atoms with Crippen LogP contribution in [0.5, 0.6) is 5.75 Å². The van der Waals surface area contributed by atoms with Crippen molar-refractivity contribution in [2.24, 2.45) is 4.99 Å². The van der Waals surface area contributed by atoms with Gasteiger partial charge in [0.25, 0.3) is 0 Å². The Bertz CT molecular complexity index is 662. The first-order valence-electron chi connectivity index (χ1n) is 8.05. The molecule has 2 unspecified atom stereocenters. The first-order chi connectivity index (χ1) is 11.4. The van der Waals surface area contributed by atoms with Crippen LogP contribution in [0.4, 0.5) is 4.39 Å². The first kappa shape index (κ1) is 18.5. The summed E-state index contributed by atoms with van der Waals surface area (Å²) < 4.78 is 41.6. The molecular formula is C16H24FN3O3S. The van der Waals surface area contributed by atoms with E-state index in [2.05, 4.69) is 15.6 Å².